The smallest absolute Gasteiger partial charge is 0.407 e. The molecule has 4 saturated heterocycles. The van der Waals surface area contributed by atoms with Crippen LogP contribution in [0.2, 0.25) is 0 Å². The summed E-state index contributed by atoms with van der Waals surface area (Å²) in [5.41, 5.74) is 2.50. The highest BCUT2D eigenvalue weighted by molar-refractivity contribution is 5.92. The number of esters is 6. The van der Waals surface area contributed by atoms with Gasteiger partial charge in [0.05, 0.1) is 46.4 Å². The Morgan fingerprint density at radius 1 is 0.269 bits per heavy atom. The average Bonchev–Trinajstić information content (AvgIpc) is 1.57. The van der Waals surface area contributed by atoms with E-state index in [4.69, 9.17) is 85.3 Å². The van der Waals surface area contributed by atoms with E-state index in [0.29, 0.717) is 27.8 Å². The number of fused-ring (bicyclic) bond motifs is 1. The zero-order valence-corrected chi connectivity index (χ0v) is 72.0. The van der Waals surface area contributed by atoms with E-state index in [1.54, 1.807) is 231 Å². The lowest BCUT2D eigenvalue weighted by Gasteiger charge is -2.48. The lowest BCUT2D eigenvalue weighted by molar-refractivity contribution is -0.291. The van der Waals surface area contributed by atoms with Gasteiger partial charge in [-0.15, -0.1) is 0 Å². The van der Waals surface area contributed by atoms with E-state index in [0.717, 1.165) is 0 Å². The maximum atomic E-state index is 15.7. The minimum absolute atomic E-state index is 0.0145. The Bertz CT molecular complexity index is 5570. The predicted molar refractivity (Wildman–Crippen MR) is 469 cm³/mol. The van der Waals surface area contributed by atoms with Crippen molar-refractivity contribution in [1.82, 2.24) is 26.6 Å². The highest BCUT2D eigenvalue weighted by Gasteiger charge is 2.63. The summed E-state index contributed by atoms with van der Waals surface area (Å²) >= 11 is 0. The van der Waals surface area contributed by atoms with Gasteiger partial charge in [-0.05, 0) is 94.9 Å². The summed E-state index contributed by atoms with van der Waals surface area (Å²) in [6.45, 7) is -2.42. The number of amides is 5. The molecule has 1 unspecified atom stereocenters. The van der Waals surface area contributed by atoms with Crippen LogP contribution in [-0.2, 0) is 123 Å². The monoisotopic (exact) mass is 1830 g/mol. The Balaban J connectivity index is 0.897. The number of epoxide rings is 1. The molecule has 10 aromatic rings. The van der Waals surface area contributed by atoms with Crippen molar-refractivity contribution in [2.24, 2.45) is 0 Å². The fraction of sp³-hybridized carbons (Fsp3) is 0.290. The zero-order chi connectivity index (χ0) is 93.1. The van der Waals surface area contributed by atoms with Crippen molar-refractivity contribution in [1.29, 1.82) is 0 Å². The van der Waals surface area contributed by atoms with Gasteiger partial charge < -0.3 is 112 Å². The van der Waals surface area contributed by atoms with E-state index in [1.165, 1.54) is 79.7 Å². The van der Waals surface area contributed by atoms with E-state index in [1.807, 2.05) is 0 Å². The summed E-state index contributed by atoms with van der Waals surface area (Å²) in [4.78, 5) is 162. The van der Waals surface area contributed by atoms with Crippen LogP contribution < -0.4 is 26.6 Å². The molecule has 134 heavy (non-hydrogen) atoms. The first-order chi connectivity index (χ1) is 65.4. The summed E-state index contributed by atoms with van der Waals surface area (Å²) in [7, 11) is 0. The van der Waals surface area contributed by atoms with Gasteiger partial charge in [-0.25, -0.2) is 47.9 Å². The summed E-state index contributed by atoms with van der Waals surface area (Å²) in [5, 5.41) is 14.0. The topological polar surface area (TPSA) is 417 Å². The normalized spacial score (nSPS) is 24.1. The van der Waals surface area contributed by atoms with Crippen molar-refractivity contribution in [2.75, 3.05) is 19.8 Å². The van der Waals surface area contributed by atoms with Crippen molar-refractivity contribution in [2.45, 2.75) is 163 Å². The van der Waals surface area contributed by atoms with Crippen LogP contribution in [0.25, 0.3) is 0 Å². The lowest BCUT2D eigenvalue weighted by atomic mass is 9.83. The Morgan fingerprint density at radius 3 is 1.00 bits per heavy atom. The molecule has 0 radical (unpaired) electrons. The lowest BCUT2D eigenvalue weighted by Crippen LogP contribution is -2.69. The molecule has 19 atom stereocenters. The molecular formula is C100H95N5O29. The molecule has 0 aromatic heterocycles. The first-order valence-corrected chi connectivity index (χ1v) is 43.2. The molecule has 5 N–H and O–H groups in total. The van der Waals surface area contributed by atoms with Crippen LogP contribution in [0.5, 0.6) is 0 Å². The van der Waals surface area contributed by atoms with Gasteiger partial charge in [0.2, 0.25) is 0 Å². The first kappa shape index (κ1) is 93.8. The third-order valence-electron chi connectivity index (χ3n) is 22.2. The van der Waals surface area contributed by atoms with Crippen LogP contribution in [0.3, 0.4) is 0 Å². The quantitative estimate of drug-likeness (QED) is 0.0140. The van der Waals surface area contributed by atoms with Gasteiger partial charge in [0.1, 0.15) is 107 Å². The zero-order valence-electron chi connectivity index (χ0n) is 72.0. The fourth-order valence-electron chi connectivity index (χ4n) is 15.5. The number of carbonyl (C=O) groups is 11. The second-order valence-electron chi connectivity index (χ2n) is 31.5. The molecule has 34 heteroatoms. The second-order valence-corrected chi connectivity index (χ2v) is 31.5. The predicted octanol–water partition coefficient (Wildman–Crippen LogP) is 11.9. The molecule has 5 amide bonds. The van der Waals surface area contributed by atoms with Crippen LogP contribution in [0, 0.1) is 0 Å². The highest BCUT2D eigenvalue weighted by atomic mass is 16.8. The minimum atomic E-state index is -2.27. The van der Waals surface area contributed by atoms with E-state index in [-0.39, 0.29) is 60.9 Å². The van der Waals surface area contributed by atoms with E-state index < -0.39 is 209 Å². The van der Waals surface area contributed by atoms with Gasteiger partial charge in [-0.2, -0.15) is 0 Å². The van der Waals surface area contributed by atoms with Gasteiger partial charge in [-0.1, -0.05) is 243 Å². The van der Waals surface area contributed by atoms with Crippen molar-refractivity contribution in [3.05, 3.63) is 359 Å². The van der Waals surface area contributed by atoms with Crippen LogP contribution in [0.15, 0.2) is 303 Å². The molecule has 34 nitrogen and oxygen atoms in total. The third kappa shape index (κ3) is 25.8. The molecule has 0 spiro atoms. The van der Waals surface area contributed by atoms with Crippen molar-refractivity contribution in [3.8, 4) is 0 Å². The van der Waals surface area contributed by atoms with E-state index >= 15 is 24.0 Å². The number of hydrogen-bond donors (Lipinski definition) is 5. The Kier molecular flexibility index (Phi) is 32.4. The van der Waals surface area contributed by atoms with E-state index in [2.05, 4.69) is 26.6 Å². The maximum absolute atomic E-state index is 15.7. The molecule has 5 fully saturated rings. The second kappa shape index (κ2) is 46.3. The summed E-state index contributed by atoms with van der Waals surface area (Å²) in [5.74, 6) is -6.01. The van der Waals surface area contributed by atoms with Crippen LogP contribution >= 0.6 is 0 Å². The Labute approximate surface area is 768 Å². The standard InChI is InChI=1S/C100H95N5O29/c1-61(106)117-59-75-82-84(127-82)77(104-99(115)122-57-65-38-18-5-19-39-65)94(125-75)132-80-73(103-98(114)121-56-64-36-16-4-17-37-64)52-72(102-97(113)120-55-63-34-14-3-15-35-63)79(128-89(108)68-44-24-8-25-45-68)86(80)134-95-87(131-92(111)71-50-30-11-31-51-71)83(76(126-95)60-118-88(107)67-42-22-7-23-43-67)133-93-78(105-100(116)123-58-66-40-20-6-21-41-66)85(130-91(110)70-48-28-10-29-49-70)81(129-90(109)69-46-26-9-27-47-69)74(124-93)53-101-96(112)119-54-62-32-12-2-13-33-62/h2-51,72-87,93-95H,52-60H2,1H3,(H,101,112)(H,102,113)(H,103,114)(H,104,115)(H,105,116)/t72-,73+,74+,75-,76-,77-,78-,79+,80-,81-,82+,83-,84?,85-,86-,87-,93-,94-,95+/m1/s1. The molecule has 1 saturated carbocycles. The Hall–Kier alpha value is -14.9. The third-order valence-corrected chi connectivity index (χ3v) is 22.2. The SMILES string of the molecule is CC(=O)OC[C@H]1O[C@H](O[C@H]2[C@H](O[C@@H]3O[C@H](COC(=O)c4ccccc4)[C@@H](O[C@H]4O[C@@H](CNC(=O)OCc5ccccc5)[C@@H](OC(=O)c5ccccc5)[C@H](OC(=O)c5ccccc5)[C@H]4NC(=O)OCc4ccccc4)[C@H]3OC(=O)c3ccccc3)[C@@H](OC(=O)c3ccccc3)[C@H](NC(=O)OCc3ccccc3)C[C@@H]2NC(=O)OCc2ccccc2)[C@H](NC(=O)OCc2ccccc2)C2O[C@H]21. The summed E-state index contributed by atoms with van der Waals surface area (Å²) < 4.78 is 117. The van der Waals surface area contributed by atoms with Crippen LogP contribution in [0.4, 0.5) is 24.0 Å². The molecule has 5 aliphatic rings. The molecule has 1 aliphatic carbocycles. The van der Waals surface area contributed by atoms with Crippen LogP contribution in [0.1, 0.15) is 93.0 Å². The molecule has 694 valence electrons. The van der Waals surface area contributed by atoms with Gasteiger partial charge in [0.15, 0.2) is 43.3 Å². The van der Waals surface area contributed by atoms with E-state index in [9.17, 15) is 28.8 Å². The fourth-order valence-corrected chi connectivity index (χ4v) is 15.5. The number of alkyl carbamates (subject to hydrolysis) is 5. The maximum Gasteiger partial charge on any atom is 0.407 e. The van der Waals surface area contributed by atoms with Crippen molar-refractivity contribution < 1.29 is 138 Å². The first-order valence-electron chi connectivity index (χ1n) is 43.2. The Morgan fingerprint density at radius 2 is 0.582 bits per heavy atom. The largest absolute Gasteiger partial charge is 0.463 e. The highest BCUT2D eigenvalue weighted by Crippen LogP contribution is 2.43. The minimum Gasteiger partial charge on any atom is -0.463 e. The number of ether oxygens (including phenoxy) is 18. The molecule has 0 bridgehead atoms. The number of nitrogens with one attached hydrogen (secondary N) is 5. The number of hydrogen-bond acceptors (Lipinski definition) is 29. The number of benzene rings is 10. The summed E-state index contributed by atoms with van der Waals surface area (Å²) in [6.07, 6.45) is -33.4. The van der Waals surface area contributed by atoms with Gasteiger partial charge in [0.25, 0.3) is 0 Å². The molecule has 4 aliphatic heterocycles. The molecular weight excluding hydrogens is 1740 g/mol. The van der Waals surface area contributed by atoms with Gasteiger partial charge in [0, 0.05) is 6.92 Å². The number of rotatable bonds is 35. The van der Waals surface area contributed by atoms with Gasteiger partial charge >= 0.3 is 66.3 Å². The average molecular weight is 1830 g/mol. The summed E-state index contributed by atoms with van der Waals surface area (Å²) in [6, 6.07) is 74.3. The molecule has 10 aromatic carbocycles. The van der Waals surface area contributed by atoms with Crippen molar-refractivity contribution >= 4 is 66.3 Å². The van der Waals surface area contributed by atoms with Gasteiger partial charge in [-0.3, -0.25) is 4.79 Å². The van der Waals surface area contributed by atoms with Crippen LogP contribution in [-0.4, -0.2) is 202 Å². The molecule has 15 rings (SSSR count). The number of carbonyl (C=O) groups excluding carboxylic acids is 11. The molecule has 4 heterocycles. The van der Waals surface area contributed by atoms with Crippen molar-refractivity contribution in [3.63, 3.8) is 0 Å².